The number of nitrogens with one attached hydrogen (secondary N) is 1. The highest BCUT2D eigenvalue weighted by atomic mass is 32.2. The number of anilines is 1. The van der Waals surface area contributed by atoms with Crippen molar-refractivity contribution >= 4 is 57.0 Å². The Morgan fingerprint density at radius 1 is 0.921 bits per heavy atom. The molecule has 38 heavy (non-hydrogen) atoms. The first-order valence-electron chi connectivity index (χ1n) is 12.4. The quantitative estimate of drug-likeness (QED) is 0.418. The third kappa shape index (κ3) is 5.47. The third-order valence-electron chi connectivity index (χ3n) is 6.57. The van der Waals surface area contributed by atoms with Crippen LogP contribution in [0.15, 0.2) is 66.7 Å². The van der Waals surface area contributed by atoms with E-state index in [1.165, 1.54) is 23.8 Å². The van der Waals surface area contributed by atoms with Gasteiger partial charge in [-0.1, -0.05) is 54.2 Å². The molecule has 0 unspecified atom stereocenters. The summed E-state index contributed by atoms with van der Waals surface area (Å²) in [5.41, 5.74) is 1.27. The second-order valence-corrected chi connectivity index (χ2v) is 10.5. The van der Waals surface area contributed by atoms with Crippen LogP contribution in [0.1, 0.15) is 47.4 Å². The molecule has 0 saturated heterocycles. The molecule has 1 aliphatic rings. The summed E-state index contributed by atoms with van der Waals surface area (Å²) in [5, 5.41) is 3.46. The molecule has 3 aromatic rings. The minimum Gasteiger partial charge on any atom is -0.357 e. The molecule has 0 fully saturated rings. The van der Waals surface area contributed by atoms with Crippen molar-refractivity contribution in [2.24, 2.45) is 0 Å². The highest BCUT2D eigenvalue weighted by molar-refractivity contribution is 8.14. The monoisotopic (exact) mass is 531 g/mol. The Morgan fingerprint density at radius 2 is 1.53 bits per heavy atom. The summed E-state index contributed by atoms with van der Waals surface area (Å²) >= 11 is 0.892. The van der Waals surface area contributed by atoms with E-state index in [4.69, 9.17) is 0 Å². The zero-order valence-corrected chi connectivity index (χ0v) is 22.3. The molecule has 0 saturated carbocycles. The first-order chi connectivity index (χ1) is 18.2. The van der Waals surface area contributed by atoms with E-state index in [9.17, 15) is 24.0 Å². The lowest BCUT2D eigenvalue weighted by molar-refractivity contribution is -0.125. The van der Waals surface area contributed by atoms with Crippen LogP contribution in [-0.4, -0.2) is 58.5 Å². The maximum atomic E-state index is 13.9. The smallest absolute Gasteiger partial charge is 0.261 e. The number of likely N-dealkylation sites (N-methyl/N-ethyl adjacent to an activating group) is 1. The molecule has 1 N–H and O–H groups in total. The number of thioether (sulfide) groups is 1. The van der Waals surface area contributed by atoms with E-state index in [2.05, 4.69) is 5.32 Å². The molecular formula is C29H29N3O5S. The standard InChI is InChI=1S/C29H29N3O5S/c1-18(26(34)30-3)32(22-15-14-20-9-4-5-10-21(20)17-22)29(37)25(38-19(2)33)13-8-16-31-27(35)23-11-6-7-12-24(23)28(31)36/h4-7,9-12,14-15,17-18,25H,8,13,16H2,1-3H3,(H,30,34)/t18-,25+/m0/s1. The molecule has 4 amide bonds. The Balaban J connectivity index is 1.57. The SMILES string of the molecule is CNC(=O)[C@H](C)N(C(=O)[C@@H](CCCN1C(=O)c2ccccc2C1=O)SC(C)=O)c1ccc2ccccc2c1. The number of rotatable bonds is 9. The van der Waals surface area contributed by atoms with Gasteiger partial charge < -0.3 is 5.32 Å². The van der Waals surface area contributed by atoms with Crippen LogP contribution in [0, 0.1) is 0 Å². The number of carbonyl (C=O) groups excluding carboxylic acids is 5. The molecule has 1 heterocycles. The predicted octanol–water partition coefficient (Wildman–Crippen LogP) is 4.03. The second-order valence-electron chi connectivity index (χ2n) is 9.08. The molecule has 0 spiro atoms. The highest BCUT2D eigenvalue weighted by Crippen LogP contribution is 2.29. The van der Waals surface area contributed by atoms with Crippen molar-refractivity contribution in [1.82, 2.24) is 10.2 Å². The molecule has 0 aromatic heterocycles. The number of hydrogen-bond acceptors (Lipinski definition) is 6. The average molecular weight is 532 g/mol. The Labute approximate surface area is 225 Å². The van der Waals surface area contributed by atoms with Gasteiger partial charge in [0.15, 0.2) is 5.12 Å². The van der Waals surface area contributed by atoms with Gasteiger partial charge in [-0.05, 0) is 54.8 Å². The third-order valence-corrected chi connectivity index (χ3v) is 7.63. The van der Waals surface area contributed by atoms with Crippen molar-refractivity contribution in [2.45, 2.75) is 38.0 Å². The van der Waals surface area contributed by atoms with Gasteiger partial charge in [0.2, 0.25) is 11.8 Å². The topological polar surface area (TPSA) is 104 Å². The normalized spacial score (nSPS) is 14.2. The molecule has 196 valence electrons. The Kier molecular flexibility index (Phi) is 8.26. The lowest BCUT2D eigenvalue weighted by Gasteiger charge is -2.31. The zero-order valence-electron chi connectivity index (χ0n) is 21.5. The van der Waals surface area contributed by atoms with Gasteiger partial charge in [-0.2, -0.15) is 0 Å². The number of fused-ring (bicyclic) bond motifs is 2. The lowest BCUT2D eigenvalue weighted by Crippen LogP contribution is -2.50. The first kappa shape index (κ1) is 27.1. The fraction of sp³-hybridized carbons (Fsp3) is 0.276. The maximum Gasteiger partial charge on any atom is 0.261 e. The van der Waals surface area contributed by atoms with Crippen LogP contribution in [0.5, 0.6) is 0 Å². The van der Waals surface area contributed by atoms with Crippen molar-refractivity contribution < 1.29 is 24.0 Å². The fourth-order valence-corrected chi connectivity index (χ4v) is 5.56. The van der Waals surface area contributed by atoms with Crippen LogP contribution >= 0.6 is 11.8 Å². The van der Waals surface area contributed by atoms with E-state index >= 15 is 0 Å². The lowest BCUT2D eigenvalue weighted by atomic mass is 10.1. The summed E-state index contributed by atoms with van der Waals surface area (Å²) < 4.78 is 0. The van der Waals surface area contributed by atoms with Gasteiger partial charge in [0, 0.05) is 26.2 Å². The second kappa shape index (κ2) is 11.6. The fourth-order valence-electron chi connectivity index (χ4n) is 4.66. The van der Waals surface area contributed by atoms with Crippen molar-refractivity contribution in [1.29, 1.82) is 0 Å². The van der Waals surface area contributed by atoms with Crippen molar-refractivity contribution in [3.05, 3.63) is 77.9 Å². The number of imide groups is 1. The number of hydrogen-bond donors (Lipinski definition) is 1. The Hall–Kier alpha value is -3.98. The van der Waals surface area contributed by atoms with Crippen LogP contribution in [0.2, 0.25) is 0 Å². The predicted molar refractivity (Wildman–Crippen MR) is 148 cm³/mol. The van der Waals surface area contributed by atoms with Crippen LogP contribution in [-0.2, 0) is 14.4 Å². The Morgan fingerprint density at radius 3 is 2.13 bits per heavy atom. The van der Waals surface area contributed by atoms with Gasteiger partial charge in [0.25, 0.3) is 11.8 Å². The summed E-state index contributed by atoms with van der Waals surface area (Å²) in [6.07, 6.45) is 0.559. The molecule has 3 aromatic carbocycles. The molecule has 1 aliphatic heterocycles. The molecule has 8 nitrogen and oxygen atoms in total. The van der Waals surface area contributed by atoms with Gasteiger partial charge >= 0.3 is 0 Å². The molecular weight excluding hydrogens is 502 g/mol. The van der Waals surface area contributed by atoms with Crippen LogP contribution in [0.3, 0.4) is 0 Å². The van der Waals surface area contributed by atoms with E-state index in [-0.39, 0.29) is 41.7 Å². The van der Waals surface area contributed by atoms with Gasteiger partial charge in [-0.25, -0.2) is 0 Å². The number of nitrogens with zero attached hydrogens (tertiary/aromatic N) is 2. The van der Waals surface area contributed by atoms with Crippen molar-refractivity contribution in [3.63, 3.8) is 0 Å². The maximum absolute atomic E-state index is 13.9. The molecule has 0 aliphatic carbocycles. The van der Waals surface area contributed by atoms with Gasteiger partial charge in [0.1, 0.15) is 6.04 Å². The van der Waals surface area contributed by atoms with Crippen LogP contribution in [0.4, 0.5) is 5.69 Å². The van der Waals surface area contributed by atoms with E-state index < -0.39 is 11.3 Å². The van der Waals surface area contributed by atoms with E-state index in [1.807, 2.05) is 36.4 Å². The highest BCUT2D eigenvalue weighted by Gasteiger charge is 2.36. The van der Waals surface area contributed by atoms with E-state index in [0.29, 0.717) is 23.2 Å². The summed E-state index contributed by atoms with van der Waals surface area (Å²) in [7, 11) is 1.51. The number of amides is 4. The van der Waals surface area contributed by atoms with Crippen LogP contribution < -0.4 is 10.2 Å². The summed E-state index contributed by atoms with van der Waals surface area (Å²) in [6, 6.07) is 19.1. The van der Waals surface area contributed by atoms with Gasteiger partial charge in [-0.15, -0.1) is 0 Å². The first-order valence-corrected chi connectivity index (χ1v) is 13.3. The summed E-state index contributed by atoms with van der Waals surface area (Å²) in [6.45, 7) is 3.15. The largest absolute Gasteiger partial charge is 0.357 e. The Bertz CT molecular complexity index is 1390. The van der Waals surface area contributed by atoms with Gasteiger partial charge in [0.05, 0.1) is 16.4 Å². The molecule has 0 bridgehead atoms. The molecule has 9 heteroatoms. The van der Waals surface area contributed by atoms with Crippen molar-refractivity contribution in [2.75, 3.05) is 18.5 Å². The van der Waals surface area contributed by atoms with E-state index in [0.717, 1.165) is 22.5 Å². The average Bonchev–Trinajstić information content (AvgIpc) is 3.16. The van der Waals surface area contributed by atoms with E-state index in [1.54, 1.807) is 37.3 Å². The molecule has 0 radical (unpaired) electrons. The minimum atomic E-state index is -0.833. The van der Waals surface area contributed by atoms with Gasteiger partial charge in [-0.3, -0.25) is 33.8 Å². The number of benzene rings is 3. The molecule has 4 rings (SSSR count). The minimum absolute atomic E-state index is 0.121. The molecule has 2 atom stereocenters. The summed E-state index contributed by atoms with van der Waals surface area (Å²) in [4.78, 5) is 66.7. The number of carbonyl (C=O) groups is 5. The van der Waals surface area contributed by atoms with Crippen LogP contribution in [0.25, 0.3) is 10.8 Å². The van der Waals surface area contributed by atoms with Crippen molar-refractivity contribution in [3.8, 4) is 0 Å². The zero-order chi connectivity index (χ0) is 27.4. The summed E-state index contributed by atoms with van der Waals surface area (Å²) in [5.74, 6) is -1.46.